The Morgan fingerprint density at radius 2 is 2.24 bits per heavy atom. The van der Waals surface area contributed by atoms with E-state index in [0.29, 0.717) is 5.92 Å². The fourth-order valence-corrected chi connectivity index (χ4v) is 2.25. The second kappa shape index (κ2) is 8.21. The lowest BCUT2D eigenvalue weighted by atomic mass is 9.98. The van der Waals surface area contributed by atoms with Crippen molar-refractivity contribution in [3.05, 3.63) is 18.5 Å². The summed E-state index contributed by atoms with van der Waals surface area (Å²) in [7, 11) is 1.82. The van der Waals surface area contributed by atoms with Gasteiger partial charge in [0.1, 0.15) is 11.3 Å². The number of nitrogens with one attached hydrogen (secondary N) is 4. The minimum Gasteiger partial charge on any atom is -0.372 e. The van der Waals surface area contributed by atoms with Crippen LogP contribution < -0.4 is 16.0 Å². The molecule has 1 aliphatic heterocycles. The molecule has 3 rings (SSSR count). The Bertz CT molecular complexity index is 549. The molecule has 7 heteroatoms. The largest absolute Gasteiger partial charge is 0.372 e. The first kappa shape index (κ1) is 15.2. The molecule has 1 aliphatic rings. The summed E-state index contributed by atoms with van der Waals surface area (Å²) < 4.78 is 0. The SMILES string of the molecule is CNc1cnc2[nH]ccc2n1.O=CNCC1CCNCC1. The number of carbonyl (C=O) groups excluding carboxylic acids is 1. The van der Waals surface area contributed by atoms with E-state index in [2.05, 4.69) is 30.9 Å². The van der Waals surface area contributed by atoms with Crippen LogP contribution in [0.2, 0.25) is 0 Å². The van der Waals surface area contributed by atoms with Gasteiger partial charge in [-0.2, -0.15) is 0 Å². The van der Waals surface area contributed by atoms with Gasteiger partial charge in [0.2, 0.25) is 6.41 Å². The molecule has 7 nitrogen and oxygen atoms in total. The molecule has 114 valence electrons. The van der Waals surface area contributed by atoms with Gasteiger partial charge >= 0.3 is 0 Å². The summed E-state index contributed by atoms with van der Waals surface area (Å²) in [6, 6.07) is 1.89. The number of rotatable bonds is 4. The standard InChI is InChI=1S/C7H8N4.C7H14N2O/c1-8-6-4-10-7-5(11-6)2-3-9-7;10-6-9-5-7-1-3-8-4-2-7/h2-4H,1H3,(H,8,11)(H,9,10);6-8H,1-5H2,(H,9,10). The van der Waals surface area contributed by atoms with E-state index in [4.69, 9.17) is 0 Å². The molecule has 0 aliphatic carbocycles. The van der Waals surface area contributed by atoms with E-state index in [0.717, 1.165) is 43.0 Å². The van der Waals surface area contributed by atoms with E-state index in [1.165, 1.54) is 12.8 Å². The van der Waals surface area contributed by atoms with Crippen LogP contribution in [0.15, 0.2) is 18.5 Å². The Morgan fingerprint density at radius 1 is 1.43 bits per heavy atom. The topological polar surface area (TPSA) is 94.7 Å². The predicted molar refractivity (Wildman–Crippen MR) is 83.1 cm³/mol. The molecule has 0 radical (unpaired) electrons. The average molecular weight is 290 g/mol. The van der Waals surface area contributed by atoms with Gasteiger partial charge in [0.25, 0.3) is 0 Å². The normalized spacial score (nSPS) is 15.1. The van der Waals surface area contributed by atoms with Gasteiger partial charge in [-0.25, -0.2) is 9.97 Å². The van der Waals surface area contributed by atoms with Gasteiger partial charge in [-0.15, -0.1) is 0 Å². The summed E-state index contributed by atoms with van der Waals surface area (Å²) in [6.45, 7) is 3.06. The highest BCUT2D eigenvalue weighted by Gasteiger charge is 2.11. The Kier molecular flexibility index (Phi) is 5.96. The van der Waals surface area contributed by atoms with Crippen LogP contribution >= 0.6 is 0 Å². The summed E-state index contributed by atoms with van der Waals surface area (Å²) in [5.74, 6) is 1.49. The van der Waals surface area contributed by atoms with Gasteiger partial charge in [0.05, 0.1) is 6.20 Å². The molecule has 0 bridgehead atoms. The molecule has 1 saturated heterocycles. The van der Waals surface area contributed by atoms with Crippen molar-refractivity contribution >= 4 is 23.4 Å². The third-order valence-electron chi connectivity index (χ3n) is 3.47. The van der Waals surface area contributed by atoms with Crippen LogP contribution in [0, 0.1) is 5.92 Å². The van der Waals surface area contributed by atoms with E-state index >= 15 is 0 Å². The summed E-state index contributed by atoms with van der Waals surface area (Å²) in [5, 5.41) is 8.91. The lowest BCUT2D eigenvalue weighted by molar-refractivity contribution is -0.109. The maximum Gasteiger partial charge on any atom is 0.207 e. The van der Waals surface area contributed by atoms with Crippen molar-refractivity contribution in [3.63, 3.8) is 0 Å². The number of hydrogen-bond acceptors (Lipinski definition) is 5. The van der Waals surface area contributed by atoms with E-state index in [9.17, 15) is 4.79 Å². The summed E-state index contributed by atoms with van der Waals surface area (Å²) in [4.78, 5) is 21.3. The van der Waals surface area contributed by atoms with E-state index in [1.807, 2.05) is 19.3 Å². The second-order valence-electron chi connectivity index (χ2n) is 4.94. The summed E-state index contributed by atoms with van der Waals surface area (Å²) in [5.41, 5.74) is 1.71. The minimum atomic E-state index is 0.700. The minimum absolute atomic E-state index is 0.700. The monoisotopic (exact) mass is 290 g/mol. The molecule has 4 N–H and O–H groups in total. The van der Waals surface area contributed by atoms with E-state index in [-0.39, 0.29) is 0 Å². The molecular formula is C14H22N6O. The molecule has 0 aromatic carbocycles. The lowest BCUT2D eigenvalue weighted by Gasteiger charge is -2.21. The Labute approximate surface area is 123 Å². The molecular weight excluding hydrogens is 268 g/mol. The molecule has 0 spiro atoms. The number of H-pyrrole nitrogens is 1. The smallest absolute Gasteiger partial charge is 0.207 e. The van der Waals surface area contributed by atoms with Crippen LogP contribution in [0.25, 0.3) is 11.2 Å². The number of aromatic amines is 1. The van der Waals surface area contributed by atoms with Gasteiger partial charge < -0.3 is 20.9 Å². The zero-order valence-corrected chi connectivity index (χ0v) is 12.2. The second-order valence-corrected chi connectivity index (χ2v) is 4.94. The lowest BCUT2D eigenvalue weighted by Crippen LogP contribution is -2.33. The Morgan fingerprint density at radius 3 is 2.95 bits per heavy atom. The first-order chi connectivity index (χ1) is 10.3. The zero-order chi connectivity index (χ0) is 14.9. The van der Waals surface area contributed by atoms with Gasteiger partial charge in [-0.3, -0.25) is 4.79 Å². The summed E-state index contributed by atoms with van der Waals surface area (Å²) >= 11 is 0. The fourth-order valence-electron chi connectivity index (χ4n) is 2.25. The number of carbonyl (C=O) groups is 1. The number of fused-ring (bicyclic) bond motifs is 1. The number of piperidine rings is 1. The van der Waals surface area contributed by atoms with Crippen molar-refractivity contribution in [2.24, 2.45) is 5.92 Å². The highest BCUT2D eigenvalue weighted by molar-refractivity contribution is 5.71. The third-order valence-corrected chi connectivity index (χ3v) is 3.47. The first-order valence-electron chi connectivity index (χ1n) is 7.19. The zero-order valence-electron chi connectivity index (χ0n) is 12.2. The molecule has 3 heterocycles. The molecule has 1 amide bonds. The van der Waals surface area contributed by atoms with Crippen LogP contribution in [-0.2, 0) is 4.79 Å². The quantitative estimate of drug-likeness (QED) is 0.623. The molecule has 1 fully saturated rings. The maximum absolute atomic E-state index is 9.92. The number of aromatic nitrogens is 3. The van der Waals surface area contributed by atoms with Gasteiger partial charge in [0.15, 0.2) is 5.65 Å². The predicted octanol–water partition coefficient (Wildman–Crippen LogP) is 0.732. The molecule has 2 aromatic heterocycles. The maximum atomic E-state index is 9.92. The van der Waals surface area contributed by atoms with Crippen molar-refractivity contribution in [1.82, 2.24) is 25.6 Å². The average Bonchev–Trinajstić information content (AvgIpc) is 3.02. The molecule has 21 heavy (non-hydrogen) atoms. The van der Waals surface area contributed by atoms with Crippen molar-refractivity contribution in [2.75, 3.05) is 32.0 Å². The fraction of sp³-hybridized carbons (Fsp3) is 0.500. The Hall–Kier alpha value is -2.15. The van der Waals surface area contributed by atoms with E-state index < -0.39 is 0 Å². The van der Waals surface area contributed by atoms with Crippen LogP contribution in [0.1, 0.15) is 12.8 Å². The number of amides is 1. The molecule has 0 saturated carbocycles. The Balaban J connectivity index is 0.000000155. The van der Waals surface area contributed by atoms with E-state index in [1.54, 1.807) is 6.20 Å². The van der Waals surface area contributed by atoms with Crippen LogP contribution in [0.4, 0.5) is 5.82 Å². The molecule has 2 aromatic rings. The van der Waals surface area contributed by atoms with Crippen LogP contribution in [0.3, 0.4) is 0 Å². The number of anilines is 1. The van der Waals surface area contributed by atoms with Crippen molar-refractivity contribution in [3.8, 4) is 0 Å². The third kappa shape index (κ3) is 4.71. The highest BCUT2D eigenvalue weighted by Crippen LogP contribution is 2.09. The van der Waals surface area contributed by atoms with Gasteiger partial charge in [0, 0.05) is 19.8 Å². The van der Waals surface area contributed by atoms with Gasteiger partial charge in [-0.1, -0.05) is 0 Å². The van der Waals surface area contributed by atoms with Gasteiger partial charge in [-0.05, 0) is 37.9 Å². The van der Waals surface area contributed by atoms with Crippen LogP contribution in [-0.4, -0.2) is 48.0 Å². The van der Waals surface area contributed by atoms with Crippen molar-refractivity contribution in [1.29, 1.82) is 0 Å². The van der Waals surface area contributed by atoms with Crippen LogP contribution in [0.5, 0.6) is 0 Å². The first-order valence-corrected chi connectivity index (χ1v) is 7.19. The number of hydrogen-bond donors (Lipinski definition) is 4. The summed E-state index contributed by atoms with van der Waals surface area (Å²) in [6.07, 6.45) is 6.69. The van der Waals surface area contributed by atoms with Crippen molar-refractivity contribution < 1.29 is 4.79 Å². The highest BCUT2D eigenvalue weighted by atomic mass is 16.1. The van der Waals surface area contributed by atoms with Crippen molar-refractivity contribution in [2.45, 2.75) is 12.8 Å². The number of nitrogens with zero attached hydrogens (tertiary/aromatic N) is 2. The molecule has 0 atom stereocenters. The molecule has 0 unspecified atom stereocenters.